The second-order valence-corrected chi connectivity index (χ2v) is 2.38. The van der Waals surface area contributed by atoms with E-state index >= 15 is 0 Å². The fourth-order valence-corrected chi connectivity index (χ4v) is 0. The van der Waals surface area contributed by atoms with E-state index in [-0.39, 0.29) is 12.8 Å². The molecule has 92 valence electrons. The molecule has 0 aromatic carbocycles. The van der Waals surface area contributed by atoms with Crippen LogP contribution in [0.15, 0.2) is 0 Å². The van der Waals surface area contributed by atoms with Crippen molar-refractivity contribution in [3.05, 3.63) is 0 Å². The molecule has 0 bridgehead atoms. The molecule has 0 rings (SSSR count). The zero-order valence-electron chi connectivity index (χ0n) is 9.30. The highest BCUT2D eigenvalue weighted by Gasteiger charge is 1.83. The zero-order chi connectivity index (χ0) is 12.9. The van der Waals surface area contributed by atoms with Crippen LogP contribution >= 0.6 is 0 Å². The fourth-order valence-electron chi connectivity index (χ4n) is 0. The van der Waals surface area contributed by atoms with Crippen LogP contribution in [0.25, 0.3) is 0 Å². The zero-order valence-corrected chi connectivity index (χ0v) is 9.30. The van der Waals surface area contributed by atoms with E-state index < -0.39 is 18.2 Å². The topological polar surface area (TPSA) is 115 Å². The maximum Gasteiger partial charge on any atom is 0.303 e. The third kappa shape index (κ3) is 64.2. The lowest BCUT2D eigenvalue weighted by molar-refractivity contribution is -0.137. The lowest BCUT2D eigenvalue weighted by Crippen LogP contribution is -1.99. The van der Waals surface area contributed by atoms with Gasteiger partial charge in [-0.2, -0.15) is 0 Å². The Morgan fingerprint density at radius 2 is 1.07 bits per heavy atom. The molecule has 4 N–H and O–H groups in total. The van der Waals surface area contributed by atoms with Crippen molar-refractivity contribution in [2.75, 3.05) is 0 Å². The molecule has 0 saturated heterocycles. The van der Waals surface area contributed by atoms with Crippen molar-refractivity contribution in [1.29, 1.82) is 0 Å². The predicted molar refractivity (Wildman–Crippen MR) is 54.4 cm³/mol. The summed E-state index contributed by atoms with van der Waals surface area (Å²) < 4.78 is 0. The van der Waals surface area contributed by atoms with Crippen LogP contribution in [0.3, 0.4) is 0 Å². The lowest BCUT2D eigenvalue weighted by Gasteiger charge is -1.90. The molecule has 0 atom stereocenters. The van der Waals surface area contributed by atoms with Gasteiger partial charge in [0.15, 0.2) is 6.29 Å². The SMILES string of the molecule is CCC(=O)O.CCC(=O)O.CCC(O)O. The summed E-state index contributed by atoms with van der Waals surface area (Å²) in [5.41, 5.74) is 0. The molecule has 0 aliphatic rings. The van der Waals surface area contributed by atoms with Crippen LogP contribution in [0.1, 0.15) is 40.0 Å². The quantitative estimate of drug-likeness (QED) is 0.524. The van der Waals surface area contributed by atoms with E-state index in [1.807, 2.05) is 0 Å². The maximum atomic E-state index is 9.37. The number of hydrogen-bond donors (Lipinski definition) is 4. The summed E-state index contributed by atoms with van der Waals surface area (Å²) in [6.07, 6.45) is -0.255. The van der Waals surface area contributed by atoms with E-state index in [0.29, 0.717) is 6.42 Å². The molecule has 0 aliphatic heterocycles. The predicted octanol–water partition coefficient (Wildman–Crippen LogP) is 0.669. The van der Waals surface area contributed by atoms with Crippen molar-refractivity contribution in [2.45, 2.75) is 46.3 Å². The Morgan fingerprint density at radius 3 is 1.07 bits per heavy atom. The largest absolute Gasteiger partial charge is 0.481 e. The minimum absolute atomic E-state index is 0.222. The van der Waals surface area contributed by atoms with Crippen molar-refractivity contribution < 1.29 is 30.0 Å². The number of carboxylic acid groups (broad SMARTS) is 2. The van der Waals surface area contributed by atoms with Crippen LogP contribution in [0.5, 0.6) is 0 Å². The Bertz CT molecular complexity index is 141. The van der Waals surface area contributed by atoms with E-state index in [9.17, 15) is 9.59 Å². The summed E-state index contributed by atoms with van der Waals surface area (Å²) in [5.74, 6) is -1.49. The van der Waals surface area contributed by atoms with Crippen molar-refractivity contribution in [2.24, 2.45) is 0 Å². The minimum atomic E-state index is -1.12. The molecular weight excluding hydrogens is 204 g/mol. The van der Waals surface area contributed by atoms with Gasteiger partial charge in [0.25, 0.3) is 0 Å². The first-order valence-corrected chi connectivity index (χ1v) is 4.61. The molecule has 0 aromatic heterocycles. The monoisotopic (exact) mass is 224 g/mol. The van der Waals surface area contributed by atoms with Crippen molar-refractivity contribution >= 4 is 11.9 Å². The van der Waals surface area contributed by atoms with E-state index in [4.69, 9.17) is 20.4 Å². The van der Waals surface area contributed by atoms with Crippen LogP contribution in [-0.4, -0.2) is 38.7 Å². The van der Waals surface area contributed by atoms with Gasteiger partial charge in [-0.05, 0) is 6.42 Å². The Morgan fingerprint density at radius 1 is 0.933 bits per heavy atom. The Hall–Kier alpha value is -1.14. The second-order valence-electron chi connectivity index (χ2n) is 2.38. The summed E-state index contributed by atoms with van der Waals surface area (Å²) in [6.45, 7) is 4.90. The van der Waals surface area contributed by atoms with Gasteiger partial charge >= 0.3 is 11.9 Å². The van der Waals surface area contributed by atoms with Crippen LogP contribution in [-0.2, 0) is 9.59 Å². The Balaban J connectivity index is -0.000000144. The van der Waals surface area contributed by atoms with E-state index in [1.165, 1.54) is 0 Å². The van der Waals surface area contributed by atoms with Crippen molar-refractivity contribution in [1.82, 2.24) is 0 Å². The van der Waals surface area contributed by atoms with Gasteiger partial charge in [0.05, 0.1) is 0 Å². The van der Waals surface area contributed by atoms with Gasteiger partial charge in [0.2, 0.25) is 0 Å². The summed E-state index contributed by atoms with van der Waals surface area (Å²) >= 11 is 0. The highest BCUT2D eigenvalue weighted by Crippen LogP contribution is 1.77. The highest BCUT2D eigenvalue weighted by atomic mass is 16.5. The number of carbonyl (C=O) groups is 2. The average molecular weight is 224 g/mol. The van der Waals surface area contributed by atoms with Gasteiger partial charge in [0.1, 0.15) is 0 Å². The average Bonchev–Trinajstić information content (AvgIpc) is 2.19. The standard InChI is InChI=1S/C3H8O2.2C3H6O2/c3*1-2-3(4)5/h3-5H,2H2,1H3;2*2H2,1H3,(H,4,5). The van der Waals surface area contributed by atoms with Gasteiger partial charge in [-0.3, -0.25) is 9.59 Å². The summed E-state index contributed by atoms with van der Waals surface area (Å²) in [7, 11) is 0. The third-order valence-electron chi connectivity index (χ3n) is 0.970. The van der Waals surface area contributed by atoms with Gasteiger partial charge in [-0.15, -0.1) is 0 Å². The molecule has 0 radical (unpaired) electrons. The van der Waals surface area contributed by atoms with Gasteiger partial charge in [-0.25, -0.2) is 0 Å². The van der Waals surface area contributed by atoms with Gasteiger partial charge in [-0.1, -0.05) is 20.8 Å². The fraction of sp³-hybridized carbons (Fsp3) is 0.778. The van der Waals surface area contributed by atoms with Crippen molar-refractivity contribution in [3.8, 4) is 0 Å². The molecule has 0 amide bonds. The Labute approximate surface area is 89.2 Å². The molecular formula is C9H20O6. The lowest BCUT2D eigenvalue weighted by atomic mass is 10.5. The molecule has 15 heavy (non-hydrogen) atoms. The first-order chi connectivity index (χ1) is 6.81. The van der Waals surface area contributed by atoms with Gasteiger partial charge in [0, 0.05) is 12.8 Å². The minimum Gasteiger partial charge on any atom is -0.481 e. The molecule has 0 aliphatic carbocycles. The summed E-state index contributed by atoms with van der Waals surface area (Å²) in [6, 6.07) is 0. The number of carboxylic acids is 2. The molecule has 0 aromatic rings. The molecule has 0 spiro atoms. The van der Waals surface area contributed by atoms with E-state index in [2.05, 4.69) is 0 Å². The normalized spacial score (nSPS) is 8.13. The highest BCUT2D eigenvalue weighted by molar-refractivity contribution is 5.66. The van der Waals surface area contributed by atoms with E-state index in [0.717, 1.165) is 0 Å². The van der Waals surface area contributed by atoms with E-state index in [1.54, 1.807) is 20.8 Å². The number of aliphatic carboxylic acids is 2. The van der Waals surface area contributed by atoms with Crippen molar-refractivity contribution in [3.63, 3.8) is 0 Å². The van der Waals surface area contributed by atoms with Crippen LogP contribution in [0.4, 0.5) is 0 Å². The first-order valence-electron chi connectivity index (χ1n) is 4.61. The molecule has 6 heteroatoms. The van der Waals surface area contributed by atoms with Crippen LogP contribution < -0.4 is 0 Å². The molecule has 0 unspecified atom stereocenters. The molecule has 0 saturated carbocycles. The molecule has 0 fully saturated rings. The first kappa shape index (κ1) is 19.4. The summed E-state index contributed by atoms with van der Waals surface area (Å²) in [5, 5.41) is 31.3. The molecule has 6 nitrogen and oxygen atoms in total. The smallest absolute Gasteiger partial charge is 0.303 e. The Kier molecular flexibility index (Phi) is 19.9. The van der Waals surface area contributed by atoms with Crippen LogP contribution in [0.2, 0.25) is 0 Å². The number of aliphatic hydroxyl groups is 2. The van der Waals surface area contributed by atoms with Gasteiger partial charge < -0.3 is 20.4 Å². The number of aliphatic hydroxyl groups excluding tert-OH is 1. The number of rotatable bonds is 3. The maximum absolute atomic E-state index is 9.37. The molecule has 0 heterocycles. The second kappa shape index (κ2) is 15.3. The summed E-state index contributed by atoms with van der Waals surface area (Å²) in [4.78, 5) is 18.7. The number of hydrogen-bond acceptors (Lipinski definition) is 4. The third-order valence-corrected chi connectivity index (χ3v) is 0.970. The van der Waals surface area contributed by atoms with Crippen LogP contribution in [0, 0.1) is 0 Å².